The molecule has 0 aromatic heterocycles. The molecule has 0 heterocycles. The molecule has 0 saturated carbocycles. The molecule has 116 valence electrons. The molecule has 0 aliphatic heterocycles. The van der Waals surface area contributed by atoms with E-state index in [1.54, 1.807) is 30.1 Å². The lowest BCUT2D eigenvalue weighted by atomic mass is 10.1. The standard InChI is InChI=1S/C15H22N2O4/c1-4-21-13-9-11(8-12(16)10-13)15(19)17(2)7-5-6-14(18)20-3/h8-10H,4-7,16H2,1-3H3. The van der Waals surface area contributed by atoms with Crippen LogP contribution in [-0.4, -0.2) is 44.1 Å². The lowest BCUT2D eigenvalue weighted by Crippen LogP contribution is -2.28. The molecule has 0 aliphatic rings. The third kappa shape index (κ3) is 5.33. The van der Waals surface area contributed by atoms with Gasteiger partial charge in [-0.1, -0.05) is 0 Å². The maximum atomic E-state index is 12.3. The summed E-state index contributed by atoms with van der Waals surface area (Å²) >= 11 is 0. The number of carbonyl (C=O) groups is 2. The zero-order valence-corrected chi connectivity index (χ0v) is 12.7. The Balaban J connectivity index is 2.67. The molecule has 0 bridgehead atoms. The van der Waals surface area contributed by atoms with Gasteiger partial charge >= 0.3 is 5.97 Å². The van der Waals surface area contributed by atoms with E-state index in [-0.39, 0.29) is 18.3 Å². The number of nitrogen functional groups attached to an aromatic ring is 1. The number of hydrogen-bond acceptors (Lipinski definition) is 5. The molecule has 0 spiro atoms. The summed E-state index contributed by atoms with van der Waals surface area (Å²) in [6.07, 6.45) is 0.838. The van der Waals surface area contributed by atoms with Crippen LogP contribution in [0, 0.1) is 0 Å². The number of methoxy groups -OCH3 is 1. The summed E-state index contributed by atoms with van der Waals surface area (Å²) in [4.78, 5) is 24.9. The number of benzene rings is 1. The van der Waals surface area contributed by atoms with Crippen LogP contribution in [0.5, 0.6) is 5.75 Å². The van der Waals surface area contributed by atoms with Crippen LogP contribution in [0.2, 0.25) is 0 Å². The van der Waals surface area contributed by atoms with Gasteiger partial charge in [0.25, 0.3) is 5.91 Å². The predicted molar refractivity (Wildman–Crippen MR) is 80.2 cm³/mol. The molecule has 0 radical (unpaired) electrons. The maximum Gasteiger partial charge on any atom is 0.305 e. The Morgan fingerprint density at radius 3 is 2.62 bits per heavy atom. The van der Waals surface area contributed by atoms with E-state index in [9.17, 15) is 9.59 Å². The Labute approximate surface area is 124 Å². The molecule has 0 saturated heterocycles. The van der Waals surface area contributed by atoms with E-state index in [1.807, 2.05) is 6.92 Å². The minimum absolute atomic E-state index is 0.159. The van der Waals surface area contributed by atoms with Crippen molar-refractivity contribution in [2.75, 3.05) is 33.0 Å². The molecule has 2 N–H and O–H groups in total. The summed E-state index contributed by atoms with van der Waals surface area (Å²) in [5.41, 5.74) is 6.72. The van der Waals surface area contributed by atoms with E-state index in [2.05, 4.69) is 4.74 Å². The highest BCUT2D eigenvalue weighted by atomic mass is 16.5. The van der Waals surface area contributed by atoms with E-state index < -0.39 is 0 Å². The molecule has 6 nitrogen and oxygen atoms in total. The van der Waals surface area contributed by atoms with Crippen LogP contribution in [-0.2, 0) is 9.53 Å². The van der Waals surface area contributed by atoms with Crippen LogP contribution in [0.15, 0.2) is 18.2 Å². The smallest absolute Gasteiger partial charge is 0.305 e. The molecule has 0 unspecified atom stereocenters. The molecule has 0 atom stereocenters. The van der Waals surface area contributed by atoms with Crippen LogP contribution in [0.25, 0.3) is 0 Å². The van der Waals surface area contributed by atoms with Gasteiger partial charge in [0.15, 0.2) is 0 Å². The Bertz CT molecular complexity index is 502. The Hall–Kier alpha value is -2.24. The summed E-state index contributed by atoms with van der Waals surface area (Å²) in [5.74, 6) is 0.135. The van der Waals surface area contributed by atoms with Gasteiger partial charge in [-0.15, -0.1) is 0 Å². The molecule has 1 rings (SSSR count). The zero-order chi connectivity index (χ0) is 15.8. The molecule has 1 aromatic rings. The maximum absolute atomic E-state index is 12.3. The van der Waals surface area contributed by atoms with Crippen molar-refractivity contribution in [2.24, 2.45) is 0 Å². The van der Waals surface area contributed by atoms with Gasteiger partial charge in [-0.2, -0.15) is 0 Å². The normalized spacial score (nSPS) is 10.0. The fraction of sp³-hybridized carbons (Fsp3) is 0.467. The summed E-state index contributed by atoms with van der Waals surface area (Å²) in [5, 5.41) is 0. The van der Waals surface area contributed by atoms with Gasteiger partial charge in [0, 0.05) is 37.3 Å². The second-order valence-electron chi connectivity index (χ2n) is 4.63. The molecule has 1 aromatic carbocycles. The number of amides is 1. The van der Waals surface area contributed by atoms with Gasteiger partial charge in [0.05, 0.1) is 13.7 Å². The molecule has 1 amide bonds. The van der Waals surface area contributed by atoms with Gasteiger partial charge in [-0.3, -0.25) is 9.59 Å². The summed E-state index contributed by atoms with van der Waals surface area (Å²) in [7, 11) is 3.03. The largest absolute Gasteiger partial charge is 0.494 e. The minimum Gasteiger partial charge on any atom is -0.494 e. The van der Waals surface area contributed by atoms with E-state index >= 15 is 0 Å². The minimum atomic E-state index is -0.279. The van der Waals surface area contributed by atoms with Crippen molar-refractivity contribution in [3.8, 4) is 5.75 Å². The first-order valence-electron chi connectivity index (χ1n) is 6.83. The van der Waals surface area contributed by atoms with E-state index in [0.29, 0.717) is 36.6 Å². The first-order valence-corrected chi connectivity index (χ1v) is 6.83. The highest BCUT2D eigenvalue weighted by Gasteiger charge is 2.14. The van der Waals surface area contributed by atoms with Crippen molar-refractivity contribution in [1.82, 2.24) is 4.90 Å². The van der Waals surface area contributed by atoms with Crippen LogP contribution >= 0.6 is 0 Å². The summed E-state index contributed by atoms with van der Waals surface area (Å²) < 4.78 is 9.93. The number of rotatable bonds is 7. The second-order valence-corrected chi connectivity index (χ2v) is 4.63. The van der Waals surface area contributed by atoms with Crippen molar-refractivity contribution in [3.05, 3.63) is 23.8 Å². The number of nitrogens with zero attached hydrogens (tertiary/aromatic N) is 1. The quantitative estimate of drug-likeness (QED) is 0.611. The number of carbonyl (C=O) groups excluding carboxylic acids is 2. The number of ether oxygens (including phenoxy) is 2. The van der Waals surface area contributed by atoms with Crippen LogP contribution < -0.4 is 10.5 Å². The lowest BCUT2D eigenvalue weighted by molar-refractivity contribution is -0.140. The number of hydrogen-bond donors (Lipinski definition) is 1. The third-order valence-electron chi connectivity index (χ3n) is 2.94. The van der Waals surface area contributed by atoms with Crippen LogP contribution in [0.3, 0.4) is 0 Å². The van der Waals surface area contributed by atoms with Gasteiger partial charge in [-0.05, 0) is 25.5 Å². The Morgan fingerprint density at radius 1 is 1.29 bits per heavy atom. The van der Waals surface area contributed by atoms with E-state index in [1.165, 1.54) is 7.11 Å². The van der Waals surface area contributed by atoms with Gasteiger partial charge in [0.1, 0.15) is 5.75 Å². The number of esters is 1. The summed E-state index contributed by atoms with van der Waals surface area (Å²) in [6, 6.07) is 4.96. The highest BCUT2D eigenvalue weighted by Crippen LogP contribution is 2.20. The number of nitrogens with two attached hydrogens (primary N) is 1. The second kappa shape index (κ2) is 8.14. The highest BCUT2D eigenvalue weighted by molar-refractivity contribution is 5.95. The monoisotopic (exact) mass is 294 g/mol. The van der Waals surface area contributed by atoms with Crippen molar-refractivity contribution in [2.45, 2.75) is 19.8 Å². The SMILES string of the molecule is CCOc1cc(N)cc(C(=O)N(C)CCCC(=O)OC)c1. The molecular weight excluding hydrogens is 272 g/mol. The lowest BCUT2D eigenvalue weighted by Gasteiger charge is -2.17. The molecule has 0 aliphatic carbocycles. The molecular formula is C15H22N2O4. The van der Waals surface area contributed by atoms with Crippen molar-refractivity contribution >= 4 is 17.6 Å². The first kappa shape index (κ1) is 16.8. The first-order chi connectivity index (χ1) is 9.97. The van der Waals surface area contributed by atoms with Crippen LogP contribution in [0.4, 0.5) is 5.69 Å². The van der Waals surface area contributed by atoms with Crippen molar-refractivity contribution in [3.63, 3.8) is 0 Å². The van der Waals surface area contributed by atoms with E-state index in [0.717, 1.165) is 0 Å². The number of anilines is 1. The predicted octanol–water partition coefficient (Wildman–Crippen LogP) is 1.69. The zero-order valence-electron chi connectivity index (χ0n) is 12.7. The Morgan fingerprint density at radius 2 is 2.00 bits per heavy atom. The average Bonchev–Trinajstić information content (AvgIpc) is 2.45. The molecule has 6 heteroatoms. The van der Waals surface area contributed by atoms with Crippen molar-refractivity contribution in [1.29, 1.82) is 0 Å². The molecule has 0 fully saturated rings. The fourth-order valence-corrected chi connectivity index (χ4v) is 1.88. The van der Waals surface area contributed by atoms with Crippen LogP contribution in [0.1, 0.15) is 30.1 Å². The third-order valence-corrected chi connectivity index (χ3v) is 2.94. The molecule has 21 heavy (non-hydrogen) atoms. The fourth-order valence-electron chi connectivity index (χ4n) is 1.88. The van der Waals surface area contributed by atoms with Crippen molar-refractivity contribution < 1.29 is 19.1 Å². The average molecular weight is 294 g/mol. The van der Waals surface area contributed by atoms with E-state index in [4.69, 9.17) is 10.5 Å². The summed E-state index contributed by atoms with van der Waals surface area (Å²) in [6.45, 7) is 2.84. The topological polar surface area (TPSA) is 81.9 Å². The Kier molecular flexibility index (Phi) is 6.52. The van der Waals surface area contributed by atoms with Gasteiger partial charge < -0.3 is 20.1 Å². The van der Waals surface area contributed by atoms with Gasteiger partial charge in [-0.25, -0.2) is 0 Å². The van der Waals surface area contributed by atoms with Gasteiger partial charge in [0.2, 0.25) is 0 Å².